The van der Waals surface area contributed by atoms with Crippen LogP contribution in [0, 0.1) is 5.21 Å². The van der Waals surface area contributed by atoms with E-state index < -0.39 is 0 Å². The molecule has 0 saturated carbocycles. The quantitative estimate of drug-likeness (QED) is 0.377. The fraction of sp³-hybridized carbons (Fsp3) is 0.355. The van der Waals surface area contributed by atoms with Crippen LogP contribution in [0.4, 0.5) is 21.9 Å². The molecule has 1 saturated heterocycles. The van der Waals surface area contributed by atoms with E-state index in [0.717, 1.165) is 16.8 Å². The van der Waals surface area contributed by atoms with Crippen molar-refractivity contribution >= 4 is 29.1 Å². The molecule has 0 aromatic heterocycles. The lowest BCUT2D eigenvalue weighted by molar-refractivity contribution is 0.0732. The molecule has 2 aliphatic rings. The van der Waals surface area contributed by atoms with Gasteiger partial charge in [0.1, 0.15) is 6.61 Å². The molecule has 0 unspecified atom stereocenters. The van der Waals surface area contributed by atoms with Gasteiger partial charge in [-0.3, -0.25) is 14.9 Å². The zero-order valence-electron chi connectivity index (χ0n) is 23.5. The Bertz CT molecular complexity index is 1360. The minimum atomic E-state index is -0.346. The van der Waals surface area contributed by atoms with Crippen molar-refractivity contribution in [2.75, 3.05) is 55.3 Å². The van der Waals surface area contributed by atoms with Gasteiger partial charge in [0.15, 0.2) is 0 Å². The highest BCUT2D eigenvalue weighted by Gasteiger charge is 2.34. The predicted molar refractivity (Wildman–Crippen MR) is 158 cm³/mol. The number of likely N-dealkylation sites (N-methyl/N-ethyl adjacent to an activating group) is 1. The Balaban J connectivity index is 1.32. The van der Waals surface area contributed by atoms with Crippen molar-refractivity contribution < 1.29 is 19.5 Å². The first kappa shape index (κ1) is 28.4. The van der Waals surface area contributed by atoms with Gasteiger partial charge in [0.25, 0.3) is 5.91 Å². The molecule has 3 aromatic rings. The van der Waals surface area contributed by atoms with E-state index in [1.807, 2.05) is 78.5 Å². The Labute approximate surface area is 240 Å². The number of amides is 2. The van der Waals surface area contributed by atoms with E-state index in [1.165, 1.54) is 6.07 Å². The summed E-state index contributed by atoms with van der Waals surface area (Å²) in [5.41, 5.74) is 3.75. The van der Waals surface area contributed by atoms with Crippen molar-refractivity contribution in [2.24, 2.45) is 0 Å². The number of benzene rings is 3. The molecule has 1 N–H and O–H groups in total. The summed E-state index contributed by atoms with van der Waals surface area (Å²) in [6.45, 7) is 3.02. The summed E-state index contributed by atoms with van der Waals surface area (Å²) in [5.74, 6) is -0.216. The van der Waals surface area contributed by atoms with Crippen LogP contribution in [0.25, 0.3) is 0 Å². The zero-order valence-corrected chi connectivity index (χ0v) is 23.5. The van der Waals surface area contributed by atoms with Crippen molar-refractivity contribution in [3.8, 4) is 0 Å². The normalized spacial score (nSPS) is 15.5. The molecule has 216 valence electrons. The molecule has 10 nitrogen and oxygen atoms in total. The number of anilines is 3. The van der Waals surface area contributed by atoms with Gasteiger partial charge in [-0.25, -0.2) is 4.79 Å². The number of para-hydroxylation sites is 1. The number of hydrogen-bond acceptors (Lipinski definition) is 8. The Morgan fingerprint density at radius 2 is 1.68 bits per heavy atom. The number of piperidine rings is 1. The molecule has 5 rings (SSSR count). The Kier molecular flexibility index (Phi) is 8.72. The summed E-state index contributed by atoms with van der Waals surface area (Å²) in [5, 5.41) is 22.2. The predicted octanol–water partition coefficient (Wildman–Crippen LogP) is 4.71. The van der Waals surface area contributed by atoms with Crippen LogP contribution in [0.1, 0.15) is 34.3 Å². The summed E-state index contributed by atoms with van der Waals surface area (Å²) in [4.78, 5) is 33.8. The number of cyclic esters (lactones) is 1. The summed E-state index contributed by atoms with van der Waals surface area (Å²) in [6.07, 6.45) is 0.966. The number of ether oxygens (including phenoxy) is 1. The summed E-state index contributed by atoms with van der Waals surface area (Å²) >= 11 is 0. The smallest absolute Gasteiger partial charge is 0.414 e. The van der Waals surface area contributed by atoms with Crippen molar-refractivity contribution in [3.63, 3.8) is 0 Å². The first-order chi connectivity index (χ1) is 19.8. The first-order valence-corrected chi connectivity index (χ1v) is 13.9. The Morgan fingerprint density at radius 1 is 0.976 bits per heavy atom. The van der Waals surface area contributed by atoms with Crippen molar-refractivity contribution in [1.82, 2.24) is 9.80 Å². The second kappa shape index (κ2) is 12.6. The van der Waals surface area contributed by atoms with Gasteiger partial charge < -0.3 is 29.9 Å². The van der Waals surface area contributed by atoms with Crippen LogP contribution in [0.15, 0.2) is 72.8 Å². The first-order valence-electron chi connectivity index (χ1n) is 13.9. The minimum Gasteiger partial charge on any atom is -0.733 e. The second-order valence-electron chi connectivity index (χ2n) is 10.8. The largest absolute Gasteiger partial charge is 0.733 e. The minimum absolute atomic E-state index is 0.0179. The number of nitrogens with zero attached hydrogens (tertiary/aromatic N) is 5. The van der Waals surface area contributed by atoms with E-state index in [2.05, 4.69) is 0 Å². The molecule has 2 aliphatic heterocycles. The molecule has 0 spiro atoms. The van der Waals surface area contributed by atoms with E-state index in [1.54, 1.807) is 21.9 Å². The number of carbonyl (C=O) groups excluding carboxylic acids is 2. The number of hydrogen-bond donors (Lipinski definition) is 1. The van der Waals surface area contributed by atoms with Gasteiger partial charge in [-0.15, -0.1) is 0 Å². The highest BCUT2D eigenvalue weighted by molar-refractivity contribution is 5.96. The zero-order chi connectivity index (χ0) is 28.9. The highest BCUT2D eigenvalue weighted by Crippen LogP contribution is 2.36. The summed E-state index contributed by atoms with van der Waals surface area (Å²) in [6, 6.07) is 22.4. The van der Waals surface area contributed by atoms with E-state index in [4.69, 9.17) is 4.74 Å². The maximum absolute atomic E-state index is 13.6. The summed E-state index contributed by atoms with van der Waals surface area (Å²) < 4.78 is 5.41. The van der Waals surface area contributed by atoms with Crippen molar-refractivity contribution in [2.45, 2.75) is 32.0 Å². The molecule has 41 heavy (non-hydrogen) atoms. The molecular weight excluding hydrogens is 522 g/mol. The monoisotopic (exact) mass is 558 g/mol. The molecule has 2 heterocycles. The summed E-state index contributed by atoms with van der Waals surface area (Å²) in [7, 11) is 3.91. The van der Waals surface area contributed by atoms with E-state index in [9.17, 15) is 20.0 Å². The maximum atomic E-state index is 13.6. The third kappa shape index (κ3) is 6.45. The van der Waals surface area contributed by atoms with Crippen LogP contribution in [0.3, 0.4) is 0 Å². The van der Waals surface area contributed by atoms with Crippen LogP contribution >= 0.6 is 0 Å². The number of carbonyl (C=O) groups is 2. The average molecular weight is 559 g/mol. The molecule has 0 aliphatic carbocycles. The van der Waals surface area contributed by atoms with E-state index in [-0.39, 0.29) is 35.6 Å². The van der Waals surface area contributed by atoms with Gasteiger partial charge in [0, 0.05) is 49.9 Å². The van der Waals surface area contributed by atoms with Gasteiger partial charge in [-0.05, 0) is 56.8 Å². The van der Waals surface area contributed by atoms with Crippen LogP contribution in [-0.2, 0) is 17.9 Å². The van der Waals surface area contributed by atoms with Crippen molar-refractivity contribution in [1.29, 1.82) is 0 Å². The van der Waals surface area contributed by atoms with Gasteiger partial charge in [-0.1, -0.05) is 48.5 Å². The molecule has 0 radical (unpaired) electrons. The van der Waals surface area contributed by atoms with Crippen LogP contribution in [-0.4, -0.2) is 73.3 Å². The van der Waals surface area contributed by atoms with Crippen molar-refractivity contribution in [3.05, 3.63) is 94.7 Å². The molecule has 3 aromatic carbocycles. The van der Waals surface area contributed by atoms with E-state index >= 15 is 0 Å². The lowest BCUT2D eigenvalue weighted by Gasteiger charge is -2.42. The topological polar surface area (TPSA) is 103 Å². The lowest BCUT2D eigenvalue weighted by atomic mass is 9.99. The molecule has 1 fully saturated rings. The molecule has 0 atom stereocenters. The van der Waals surface area contributed by atoms with Gasteiger partial charge >= 0.3 is 6.09 Å². The third-order valence-corrected chi connectivity index (χ3v) is 7.72. The van der Waals surface area contributed by atoms with E-state index in [0.29, 0.717) is 56.8 Å². The Morgan fingerprint density at radius 3 is 2.39 bits per heavy atom. The number of fused-ring (bicyclic) bond motifs is 1. The molecule has 10 heteroatoms. The standard InChI is InChI=1S/C31H36N5O5/c1-32(2)18-19-34(21-23-8-4-3-5-9-23)30(37)24-12-13-28(29(20-24)36(39)40)33-16-14-26(15-17-33)35-27-11-7-6-10-25(27)22-41-31(35)38/h3-13,20,26,39H,14-19,21-22H2,1-2H3/q-1. The molecular formula is C31H36N5O5-. The third-order valence-electron chi connectivity index (χ3n) is 7.72. The second-order valence-corrected chi connectivity index (χ2v) is 10.8. The maximum Gasteiger partial charge on any atom is 0.414 e. The van der Waals surface area contributed by atoms with Gasteiger partial charge in [0.05, 0.1) is 17.1 Å². The fourth-order valence-electron chi connectivity index (χ4n) is 5.52. The highest BCUT2D eigenvalue weighted by atomic mass is 16.8. The van der Waals surface area contributed by atoms with Gasteiger partial charge in [-0.2, -0.15) is 0 Å². The molecule has 2 amide bonds. The average Bonchev–Trinajstić information content (AvgIpc) is 2.99. The van der Waals surface area contributed by atoms with Crippen LogP contribution in [0.2, 0.25) is 0 Å². The van der Waals surface area contributed by atoms with Crippen LogP contribution in [0.5, 0.6) is 0 Å². The Hall–Kier alpha value is -4.12. The lowest BCUT2D eigenvalue weighted by Crippen LogP contribution is -2.49. The number of rotatable bonds is 9. The SMILES string of the molecule is CN(C)CCN(Cc1ccccc1)C(=O)c1ccc(N2CCC(N3C(=O)OCc4ccccc43)CC2)c(N([O-])O)c1. The fourth-order valence-corrected chi connectivity index (χ4v) is 5.52. The molecule has 0 bridgehead atoms. The van der Waals surface area contributed by atoms with Gasteiger partial charge in [0.2, 0.25) is 0 Å². The van der Waals surface area contributed by atoms with Crippen LogP contribution < -0.4 is 15.0 Å².